The van der Waals surface area contributed by atoms with Gasteiger partial charge in [-0.15, -0.1) is 0 Å². The summed E-state index contributed by atoms with van der Waals surface area (Å²) in [6, 6.07) is 0. The van der Waals surface area contributed by atoms with Gasteiger partial charge < -0.3 is 20.4 Å². The van der Waals surface area contributed by atoms with Crippen molar-refractivity contribution in [2.24, 2.45) is 0 Å². The first kappa shape index (κ1) is 12.8. The molecule has 8 nitrogen and oxygen atoms in total. The maximum Gasteiger partial charge on any atom is 0.346 e. The quantitative estimate of drug-likeness (QED) is 0.309. The van der Waals surface area contributed by atoms with Gasteiger partial charge in [0.05, 0.1) is 6.42 Å². The van der Waals surface area contributed by atoms with Crippen LogP contribution in [0.25, 0.3) is 0 Å². The van der Waals surface area contributed by atoms with Gasteiger partial charge in [-0.25, -0.2) is 14.4 Å². The lowest BCUT2D eigenvalue weighted by molar-refractivity contribution is -0.163. The van der Waals surface area contributed by atoms with Crippen molar-refractivity contribution in [2.45, 2.75) is 12.0 Å². The zero-order valence-electron chi connectivity index (χ0n) is 7.13. The van der Waals surface area contributed by atoms with Gasteiger partial charge in [-0.2, -0.15) is 0 Å². The van der Waals surface area contributed by atoms with E-state index in [-0.39, 0.29) is 0 Å². The molecule has 0 aromatic rings. The summed E-state index contributed by atoms with van der Waals surface area (Å²) in [7, 11) is 0. The minimum absolute atomic E-state index is 0.702. The smallest absolute Gasteiger partial charge is 0.346 e. The van der Waals surface area contributed by atoms with Crippen LogP contribution in [0.4, 0.5) is 0 Å². The van der Waals surface area contributed by atoms with E-state index < -0.39 is 35.5 Å². The first-order chi connectivity index (χ1) is 6.75. The van der Waals surface area contributed by atoms with E-state index in [2.05, 4.69) is 0 Å². The number of carbonyl (C=O) groups excluding carboxylic acids is 1. The molecule has 0 bridgehead atoms. The van der Waals surface area contributed by atoms with Crippen LogP contribution in [0.15, 0.2) is 5.57 Å². The van der Waals surface area contributed by atoms with Crippen LogP contribution in [0.5, 0.6) is 0 Å². The molecule has 0 heterocycles. The predicted octanol–water partition coefficient (Wildman–Crippen LogP) is -1.88. The Bertz CT molecular complexity index is 363. The van der Waals surface area contributed by atoms with Crippen molar-refractivity contribution < 1.29 is 39.6 Å². The molecule has 0 aromatic carbocycles. The lowest BCUT2D eigenvalue weighted by Gasteiger charge is -2.19. The van der Waals surface area contributed by atoms with E-state index in [4.69, 9.17) is 15.3 Å². The molecule has 0 aliphatic carbocycles. The molecule has 82 valence electrons. The van der Waals surface area contributed by atoms with E-state index in [1.54, 1.807) is 0 Å². The molecule has 0 aromatic heterocycles. The molecule has 8 heteroatoms. The molecule has 0 rings (SSSR count). The van der Waals surface area contributed by atoms with Gasteiger partial charge in [0, 0.05) is 0 Å². The Morgan fingerprint density at radius 2 is 1.60 bits per heavy atom. The van der Waals surface area contributed by atoms with Gasteiger partial charge in [-0.3, -0.25) is 4.79 Å². The number of aliphatic hydroxyl groups is 1. The second-order valence-electron chi connectivity index (χ2n) is 2.52. The fourth-order valence-electron chi connectivity index (χ4n) is 0.795. The molecular weight excluding hydrogens is 212 g/mol. The molecule has 0 aliphatic rings. The van der Waals surface area contributed by atoms with Crippen molar-refractivity contribution in [3.63, 3.8) is 0 Å². The van der Waals surface area contributed by atoms with Crippen LogP contribution in [-0.2, 0) is 19.2 Å². The summed E-state index contributed by atoms with van der Waals surface area (Å²) in [5.41, 5.74) is -4.84. The Labute approximate surface area is 82.1 Å². The van der Waals surface area contributed by atoms with Crippen LogP contribution in [0.1, 0.15) is 6.42 Å². The highest BCUT2D eigenvalue weighted by atomic mass is 16.4. The molecule has 0 spiro atoms. The maximum atomic E-state index is 10.5. The number of carboxylic acids is 3. The van der Waals surface area contributed by atoms with Crippen molar-refractivity contribution >= 4 is 23.8 Å². The predicted molar refractivity (Wildman–Crippen MR) is 41.7 cm³/mol. The second kappa shape index (κ2) is 4.36. The van der Waals surface area contributed by atoms with E-state index in [1.165, 1.54) is 0 Å². The van der Waals surface area contributed by atoms with Gasteiger partial charge in [0.25, 0.3) is 0 Å². The van der Waals surface area contributed by atoms with E-state index in [1.807, 2.05) is 0 Å². The molecule has 0 saturated carbocycles. The molecule has 4 N–H and O–H groups in total. The summed E-state index contributed by atoms with van der Waals surface area (Å²) >= 11 is 0. The van der Waals surface area contributed by atoms with Crippen molar-refractivity contribution in [1.29, 1.82) is 0 Å². The lowest BCUT2D eigenvalue weighted by atomic mass is 9.91. The first-order valence-corrected chi connectivity index (χ1v) is 3.42. The Morgan fingerprint density at radius 1 is 1.13 bits per heavy atom. The maximum absolute atomic E-state index is 10.5. The average molecular weight is 218 g/mol. The summed E-state index contributed by atoms with van der Waals surface area (Å²) in [5.74, 6) is -5.26. The van der Waals surface area contributed by atoms with Gasteiger partial charge in [0.1, 0.15) is 5.94 Å². The number of rotatable bonds is 5. The van der Waals surface area contributed by atoms with E-state index >= 15 is 0 Å². The molecule has 0 saturated heterocycles. The average Bonchev–Trinajstić information content (AvgIpc) is 2.02. The molecule has 1 atom stereocenters. The van der Waals surface area contributed by atoms with Crippen LogP contribution in [0, 0.1) is 0 Å². The zero-order valence-corrected chi connectivity index (χ0v) is 7.13. The van der Waals surface area contributed by atoms with E-state index in [0.717, 1.165) is 0 Å². The third-order valence-corrected chi connectivity index (χ3v) is 1.49. The van der Waals surface area contributed by atoms with Gasteiger partial charge in [0.15, 0.2) is 5.57 Å². The van der Waals surface area contributed by atoms with Gasteiger partial charge in [0.2, 0.25) is 5.60 Å². The summed E-state index contributed by atoms with van der Waals surface area (Å²) in [6.45, 7) is 0. The third kappa shape index (κ3) is 2.63. The standard InChI is InChI=1S/C7H6O8/c8-2-3(5(11)12)7(15,6(13)14)1-4(9)10/h15H,1H2,(H,9,10)(H,11,12)(H,13,14). The van der Waals surface area contributed by atoms with Crippen molar-refractivity contribution in [3.8, 4) is 0 Å². The van der Waals surface area contributed by atoms with Crippen LogP contribution in [0.3, 0.4) is 0 Å². The minimum atomic E-state index is -3.28. The van der Waals surface area contributed by atoms with Crippen LogP contribution < -0.4 is 0 Å². The van der Waals surface area contributed by atoms with Crippen molar-refractivity contribution in [1.82, 2.24) is 0 Å². The zero-order chi connectivity index (χ0) is 12.2. The highest BCUT2D eigenvalue weighted by molar-refractivity contribution is 6.06. The van der Waals surface area contributed by atoms with Gasteiger partial charge >= 0.3 is 17.9 Å². The summed E-state index contributed by atoms with van der Waals surface area (Å²) in [5, 5.41) is 34.3. The number of hydrogen-bond acceptors (Lipinski definition) is 5. The molecular formula is C7H6O8. The molecule has 0 aliphatic heterocycles. The fraction of sp³-hybridized carbons (Fsp3) is 0.286. The Morgan fingerprint density at radius 3 is 1.80 bits per heavy atom. The number of aliphatic carboxylic acids is 3. The van der Waals surface area contributed by atoms with Crippen LogP contribution in [0.2, 0.25) is 0 Å². The molecule has 15 heavy (non-hydrogen) atoms. The lowest BCUT2D eigenvalue weighted by Crippen LogP contribution is -2.45. The topological polar surface area (TPSA) is 149 Å². The Balaban J connectivity index is 5.47. The number of carbonyl (C=O) groups is 3. The fourth-order valence-corrected chi connectivity index (χ4v) is 0.795. The van der Waals surface area contributed by atoms with Crippen LogP contribution in [-0.4, -0.2) is 49.9 Å². The highest BCUT2D eigenvalue weighted by Crippen LogP contribution is 2.20. The Hall–Kier alpha value is -2.18. The first-order valence-electron chi connectivity index (χ1n) is 3.42. The minimum Gasteiger partial charge on any atom is -0.481 e. The second-order valence-corrected chi connectivity index (χ2v) is 2.52. The van der Waals surface area contributed by atoms with Crippen molar-refractivity contribution in [3.05, 3.63) is 5.57 Å². The third-order valence-electron chi connectivity index (χ3n) is 1.49. The normalized spacial score (nSPS) is 13.4. The monoisotopic (exact) mass is 218 g/mol. The Kier molecular flexibility index (Phi) is 3.72. The van der Waals surface area contributed by atoms with E-state index in [0.29, 0.717) is 5.94 Å². The number of carboxylic acid groups (broad SMARTS) is 3. The summed E-state index contributed by atoms with van der Waals surface area (Å²) in [6.07, 6.45) is -1.45. The summed E-state index contributed by atoms with van der Waals surface area (Å²) < 4.78 is 0. The largest absolute Gasteiger partial charge is 0.481 e. The molecule has 0 radical (unpaired) electrons. The summed E-state index contributed by atoms with van der Waals surface area (Å²) in [4.78, 5) is 41.2. The molecule has 0 fully saturated rings. The number of hydrogen-bond donors (Lipinski definition) is 4. The van der Waals surface area contributed by atoms with Crippen LogP contribution >= 0.6 is 0 Å². The highest BCUT2D eigenvalue weighted by Gasteiger charge is 2.47. The van der Waals surface area contributed by atoms with Gasteiger partial charge in [-0.05, 0) is 0 Å². The molecule has 0 amide bonds. The molecule has 1 unspecified atom stereocenters. The van der Waals surface area contributed by atoms with Crippen molar-refractivity contribution in [2.75, 3.05) is 0 Å². The van der Waals surface area contributed by atoms with E-state index in [9.17, 15) is 24.3 Å². The SMILES string of the molecule is O=C=C(C(=O)O)C(O)(CC(=O)O)C(=O)O. The van der Waals surface area contributed by atoms with Gasteiger partial charge in [-0.1, -0.05) is 0 Å².